The lowest BCUT2D eigenvalue weighted by molar-refractivity contribution is -0.161. The van der Waals surface area contributed by atoms with Crippen LogP contribution in [0.1, 0.15) is 258 Å². The lowest BCUT2D eigenvalue weighted by Crippen LogP contribution is -2.28. The minimum Gasteiger partial charge on any atom is -0.462 e. The van der Waals surface area contributed by atoms with Gasteiger partial charge in [0.2, 0.25) is 0 Å². The molecule has 0 aromatic heterocycles. The van der Waals surface area contributed by atoms with Crippen LogP contribution in [0.4, 0.5) is 0 Å². The van der Waals surface area contributed by atoms with Crippen molar-refractivity contribution >= 4 is 11.9 Å². The van der Waals surface area contributed by atoms with Crippen LogP contribution in [0.3, 0.4) is 0 Å². The Hall–Kier alpha value is -3.96. The Balaban J connectivity index is 3.52. The van der Waals surface area contributed by atoms with E-state index in [0.29, 0.717) is 12.8 Å². The van der Waals surface area contributed by atoms with E-state index in [4.69, 9.17) is 9.47 Å². The zero-order chi connectivity index (χ0) is 52.0. The summed E-state index contributed by atoms with van der Waals surface area (Å²) in [5, 5.41) is 9.67. The summed E-state index contributed by atoms with van der Waals surface area (Å²) >= 11 is 0. The summed E-state index contributed by atoms with van der Waals surface area (Å²) in [6.07, 6.45) is 91.4. The molecular formula is C67H110O5. The molecule has 0 aromatic rings. The van der Waals surface area contributed by atoms with Gasteiger partial charge in [-0.15, -0.1) is 0 Å². The predicted molar refractivity (Wildman–Crippen MR) is 315 cm³/mol. The van der Waals surface area contributed by atoms with Crippen molar-refractivity contribution in [3.05, 3.63) is 134 Å². The average Bonchev–Trinajstić information content (AvgIpc) is 3.38. The highest BCUT2D eigenvalue weighted by Gasteiger charge is 2.16. The van der Waals surface area contributed by atoms with Crippen molar-refractivity contribution in [2.75, 3.05) is 13.2 Å². The fourth-order valence-electron chi connectivity index (χ4n) is 8.06. The topological polar surface area (TPSA) is 72.8 Å². The second-order valence-corrected chi connectivity index (χ2v) is 19.3. The highest BCUT2D eigenvalue weighted by atomic mass is 16.6. The molecule has 408 valence electrons. The van der Waals surface area contributed by atoms with Gasteiger partial charge in [-0.2, -0.15) is 0 Å². The van der Waals surface area contributed by atoms with Crippen LogP contribution in [-0.4, -0.2) is 36.4 Å². The number of hydrogen-bond acceptors (Lipinski definition) is 5. The van der Waals surface area contributed by atoms with Crippen molar-refractivity contribution in [1.82, 2.24) is 0 Å². The Morgan fingerprint density at radius 3 is 0.833 bits per heavy atom. The normalized spacial score (nSPS) is 13.2. The molecule has 0 heterocycles. The van der Waals surface area contributed by atoms with Gasteiger partial charge in [0.25, 0.3) is 0 Å². The molecule has 1 N–H and O–H groups in total. The van der Waals surface area contributed by atoms with Crippen molar-refractivity contribution in [3.63, 3.8) is 0 Å². The van der Waals surface area contributed by atoms with Gasteiger partial charge in [-0.25, -0.2) is 0 Å². The van der Waals surface area contributed by atoms with E-state index >= 15 is 0 Å². The highest BCUT2D eigenvalue weighted by molar-refractivity contribution is 5.70. The summed E-state index contributed by atoms with van der Waals surface area (Å²) in [7, 11) is 0. The third kappa shape index (κ3) is 58.6. The van der Waals surface area contributed by atoms with Gasteiger partial charge >= 0.3 is 11.9 Å². The number of allylic oxidation sites excluding steroid dienone is 22. The van der Waals surface area contributed by atoms with E-state index in [1.54, 1.807) is 0 Å². The zero-order valence-electron chi connectivity index (χ0n) is 46.6. The van der Waals surface area contributed by atoms with Crippen LogP contribution >= 0.6 is 0 Å². The van der Waals surface area contributed by atoms with E-state index in [-0.39, 0.29) is 25.2 Å². The fourth-order valence-corrected chi connectivity index (χ4v) is 8.06. The molecule has 1 unspecified atom stereocenters. The molecule has 0 radical (unpaired) electrons. The van der Waals surface area contributed by atoms with Crippen LogP contribution in [-0.2, 0) is 19.1 Å². The largest absolute Gasteiger partial charge is 0.462 e. The maximum atomic E-state index is 12.3. The SMILES string of the molecule is CC/C=C\C/C=C\C/C=C\C/C=C\C/C=C\C/C=C\CCCCCCCCCCCCCCCCCCC(=O)OC(CO)COC(=O)CCCCCCCCC/C=C\C/C=C\C/C=C\C/C=C\C/C=C\CC. The number of aliphatic hydroxyl groups excluding tert-OH is 1. The molecule has 0 fully saturated rings. The van der Waals surface area contributed by atoms with Gasteiger partial charge in [0.15, 0.2) is 6.10 Å². The summed E-state index contributed by atoms with van der Waals surface area (Å²) in [6, 6.07) is 0. The lowest BCUT2D eigenvalue weighted by atomic mass is 10.0. The second kappa shape index (κ2) is 61.3. The molecule has 0 aliphatic heterocycles. The van der Waals surface area contributed by atoms with Crippen LogP contribution in [0.2, 0.25) is 0 Å². The number of carbonyl (C=O) groups excluding carboxylic acids is 2. The van der Waals surface area contributed by atoms with Gasteiger partial charge in [-0.1, -0.05) is 270 Å². The Kier molecular flexibility index (Phi) is 58.0. The molecule has 5 nitrogen and oxygen atoms in total. The fraction of sp³-hybridized carbons (Fsp3) is 0.642. The van der Waals surface area contributed by atoms with Gasteiger partial charge in [-0.05, 0) is 109 Å². The van der Waals surface area contributed by atoms with Crippen LogP contribution in [0.15, 0.2) is 134 Å². The second-order valence-electron chi connectivity index (χ2n) is 19.3. The first-order valence-corrected chi connectivity index (χ1v) is 29.7. The Labute approximate surface area is 445 Å². The minimum absolute atomic E-state index is 0.0776. The molecule has 0 rings (SSSR count). The number of esters is 2. The van der Waals surface area contributed by atoms with Crippen molar-refractivity contribution < 1.29 is 24.2 Å². The number of hydrogen-bond donors (Lipinski definition) is 1. The quantitative estimate of drug-likeness (QED) is 0.0373. The Morgan fingerprint density at radius 2 is 0.556 bits per heavy atom. The average molecular weight is 996 g/mol. The number of aliphatic hydroxyl groups is 1. The molecular weight excluding hydrogens is 885 g/mol. The molecule has 0 saturated carbocycles. The van der Waals surface area contributed by atoms with Gasteiger partial charge in [-0.3, -0.25) is 9.59 Å². The zero-order valence-corrected chi connectivity index (χ0v) is 46.6. The molecule has 0 saturated heterocycles. The van der Waals surface area contributed by atoms with Gasteiger partial charge in [0.05, 0.1) is 6.61 Å². The smallest absolute Gasteiger partial charge is 0.306 e. The standard InChI is InChI=1S/C67H110O5/c1-3-5-7-9-11-13-15-17-19-21-23-25-27-28-29-30-31-32-33-34-35-36-37-38-40-42-44-46-48-50-52-54-56-58-60-62-67(70)72-65(63-68)64-71-66(69)61-59-57-55-53-51-49-47-45-43-41-39-26-24-22-20-18-16-14-12-10-8-6-4-2/h5-8,11-14,17-20,23-26,28-29,31-32,41,43,65,68H,3-4,9-10,15-16,21-22,27,30,33-40,42,44-64H2,1-2H3/b7-5-,8-6-,13-11-,14-12-,19-17-,20-18-,25-23-,26-24-,29-28-,32-31-,43-41-. The van der Waals surface area contributed by atoms with Gasteiger partial charge in [0.1, 0.15) is 6.61 Å². The maximum Gasteiger partial charge on any atom is 0.306 e. The van der Waals surface area contributed by atoms with E-state index in [1.807, 2.05) is 0 Å². The van der Waals surface area contributed by atoms with Crippen LogP contribution in [0.5, 0.6) is 0 Å². The first-order chi connectivity index (χ1) is 35.6. The number of rotatable bonds is 53. The van der Waals surface area contributed by atoms with E-state index in [0.717, 1.165) is 116 Å². The maximum absolute atomic E-state index is 12.3. The molecule has 0 amide bonds. The first-order valence-electron chi connectivity index (χ1n) is 29.7. The van der Waals surface area contributed by atoms with Crippen molar-refractivity contribution in [1.29, 1.82) is 0 Å². The summed E-state index contributed by atoms with van der Waals surface area (Å²) in [5.74, 6) is -0.605. The third-order valence-electron chi connectivity index (χ3n) is 12.4. The van der Waals surface area contributed by atoms with E-state index < -0.39 is 6.10 Å². The third-order valence-corrected chi connectivity index (χ3v) is 12.4. The summed E-state index contributed by atoms with van der Waals surface area (Å²) < 4.78 is 10.7. The van der Waals surface area contributed by atoms with Gasteiger partial charge < -0.3 is 14.6 Å². The molecule has 0 aliphatic carbocycles. The van der Waals surface area contributed by atoms with Gasteiger partial charge in [0, 0.05) is 12.8 Å². The molecule has 0 aliphatic rings. The van der Waals surface area contributed by atoms with Crippen molar-refractivity contribution in [2.24, 2.45) is 0 Å². The minimum atomic E-state index is -0.786. The van der Waals surface area contributed by atoms with E-state index in [1.165, 1.54) is 116 Å². The Bertz CT molecular complexity index is 1500. The van der Waals surface area contributed by atoms with Crippen molar-refractivity contribution in [3.8, 4) is 0 Å². The predicted octanol–water partition coefficient (Wildman–Crippen LogP) is 20.4. The molecule has 0 aromatic carbocycles. The molecule has 0 spiro atoms. The monoisotopic (exact) mass is 995 g/mol. The number of unbranched alkanes of at least 4 members (excludes halogenated alkanes) is 23. The summed E-state index contributed by atoms with van der Waals surface area (Å²) in [6.45, 7) is 3.91. The molecule has 1 atom stereocenters. The van der Waals surface area contributed by atoms with Crippen molar-refractivity contribution in [2.45, 2.75) is 264 Å². The lowest BCUT2D eigenvalue weighted by Gasteiger charge is -2.15. The highest BCUT2D eigenvalue weighted by Crippen LogP contribution is 2.16. The summed E-state index contributed by atoms with van der Waals surface area (Å²) in [4.78, 5) is 24.6. The summed E-state index contributed by atoms with van der Waals surface area (Å²) in [5.41, 5.74) is 0. The van der Waals surface area contributed by atoms with Crippen LogP contribution in [0, 0.1) is 0 Å². The van der Waals surface area contributed by atoms with E-state index in [9.17, 15) is 14.7 Å². The number of carbonyl (C=O) groups is 2. The number of ether oxygens (including phenoxy) is 2. The molecule has 5 heteroatoms. The first kappa shape index (κ1) is 68.0. The van der Waals surface area contributed by atoms with Crippen LogP contribution in [0.25, 0.3) is 0 Å². The molecule has 0 bridgehead atoms. The Morgan fingerprint density at radius 1 is 0.319 bits per heavy atom. The molecule has 72 heavy (non-hydrogen) atoms. The van der Waals surface area contributed by atoms with E-state index in [2.05, 4.69) is 148 Å². The van der Waals surface area contributed by atoms with Crippen LogP contribution < -0.4 is 0 Å².